The van der Waals surface area contributed by atoms with Gasteiger partial charge in [-0.15, -0.1) is 11.3 Å². The number of β-lactam (4-membered cyclic amide) rings is 1. The van der Waals surface area contributed by atoms with Gasteiger partial charge in [0.2, 0.25) is 5.91 Å². The molecule has 3 rings (SSSR count). The van der Waals surface area contributed by atoms with E-state index >= 15 is 0 Å². The molecule has 1 fully saturated rings. The van der Waals surface area contributed by atoms with Gasteiger partial charge in [0.1, 0.15) is 0 Å². The number of nitrogens with zero attached hydrogens (tertiary/aromatic N) is 1. The minimum atomic E-state index is -0.733. The molecule has 0 unspecified atom stereocenters. The van der Waals surface area contributed by atoms with Crippen molar-refractivity contribution in [1.82, 2.24) is 0 Å². The number of hydrogen-bond acceptors (Lipinski definition) is 4. The maximum Gasteiger partial charge on any atom is 0.321 e. The second kappa shape index (κ2) is 5.69. The first kappa shape index (κ1) is 13.8. The topological polar surface area (TPSA) is 46.6 Å². The molecule has 0 saturated carbocycles. The van der Waals surface area contributed by atoms with Gasteiger partial charge in [-0.25, -0.2) is 0 Å². The fourth-order valence-corrected chi connectivity index (χ4v) is 3.43. The van der Waals surface area contributed by atoms with E-state index in [1.807, 2.05) is 47.8 Å². The summed E-state index contributed by atoms with van der Waals surface area (Å²) in [5.41, 5.74) is 0.807. The van der Waals surface area contributed by atoms with Crippen LogP contribution in [0.25, 0.3) is 0 Å². The molecule has 1 aromatic heterocycles. The SMILES string of the molecule is CCOC(=O)[C@H]1C(=O)N(c2ccccc2)[C@@H]1c1cccs1. The van der Waals surface area contributed by atoms with Crippen LogP contribution in [0.15, 0.2) is 47.8 Å². The van der Waals surface area contributed by atoms with Crippen LogP contribution in [0.4, 0.5) is 5.69 Å². The lowest BCUT2D eigenvalue weighted by molar-refractivity contribution is -0.157. The number of anilines is 1. The smallest absolute Gasteiger partial charge is 0.321 e. The zero-order chi connectivity index (χ0) is 14.8. The quantitative estimate of drug-likeness (QED) is 0.495. The molecule has 0 aliphatic carbocycles. The van der Waals surface area contributed by atoms with E-state index in [1.54, 1.807) is 23.2 Å². The molecular weight excluding hydrogens is 286 g/mol. The van der Waals surface area contributed by atoms with Crippen LogP contribution in [0.2, 0.25) is 0 Å². The van der Waals surface area contributed by atoms with Gasteiger partial charge in [0, 0.05) is 10.6 Å². The molecule has 2 atom stereocenters. The monoisotopic (exact) mass is 301 g/mol. The highest BCUT2D eigenvalue weighted by atomic mass is 32.1. The molecule has 5 heteroatoms. The fraction of sp³-hybridized carbons (Fsp3) is 0.250. The van der Waals surface area contributed by atoms with Crippen LogP contribution < -0.4 is 4.90 Å². The van der Waals surface area contributed by atoms with E-state index in [1.165, 1.54) is 0 Å². The van der Waals surface area contributed by atoms with E-state index in [9.17, 15) is 9.59 Å². The fourth-order valence-electron chi connectivity index (χ4n) is 2.58. The Morgan fingerprint density at radius 1 is 1.24 bits per heavy atom. The normalized spacial score (nSPS) is 21.0. The molecule has 1 amide bonds. The van der Waals surface area contributed by atoms with Gasteiger partial charge in [0.25, 0.3) is 0 Å². The van der Waals surface area contributed by atoms with Crippen molar-refractivity contribution in [2.45, 2.75) is 13.0 Å². The van der Waals surface area contributed by atoms with Crippen molar-refractivity contribution in [2.75, 3.05) is 11.5 Å². The molecule has 1 aliphatic heterocycles. The van der Waals surface area contributed by atoms with Crippen LogP contribution in [0, 0.1) is 5.92 Å². The Morgan fingerprint density at radius 2 is 2.00 bits per heavy atom. The molecule has 2 aromatic rings. The van der Waals surface area contributed by atoms with Crippen LogP contribution in [0.5, 0.6) is 0 Å². The third-order valence-corrected chi connectivity index (χ3v) is 4.45. The number of amides is 1. The van der Waals surface area contributed by atoms with Crippen LogP contribution >= 0.6 is 11.3 Å². The first-order valence-corrected chi connectivity index (χ1v) is 7.70. The predicted octanol–water partition coefficient (Wildman–Crippen LogP) is 3.02. The Labute approximate surface area is 127 Å². The van der Waals surface area contributed by atoms with Gasteiger partial charge in [-0.2, -0.15) is 0 Å². The van der Waals surface area contributed by atoms with Gasteiger partial charge < -0.3 is 9.64 Å². The summed E-state index contributed by atoms with van der Waals surface area (Å²) in [6.07, 6.45) is 0. The van der Waals surface area contributed by atoms with Crippen LogP contribution in [0.3, 0.4) is 0 Å². The van der Waals surface area contributed by atoms with Crippen LogP contribution in [-0.4, -0.2) is 18.5 Å². The van der Waals surface area contributed by atoms with Crippen molar-refractivity contribution in [2.24, 2.45) is 5.92 Å². The second-order valence-electron chi connectivity index (χ2n) is 4.73. The van der Waals surface area contributed by atoms with Gasteiger partial charge in [0.15, 0.2) is 5.92 Å². The summed E-state index contributed by atoms with van der Waals surface area (Å²) >= 11 is 1.54. The molecule has 2 heterocycles. The highest BCUT2D eigenvalue weighted by Crippen LogP contribution is 2.45. The summed E-state index contributed by atoms with van der Waals surface area (Å²) in [6.45, 7) is 2.03. The first-order valence-electron chi connectivity index (χ1n) is 6.82. The van der Waals surface area contributed by atoms with Crippen LogP contribution in [-0.2, 0) is 14.3 Å². The zero-order valence-electron chi connectivity index (χ0n) is 11.6. The van der Waals surface area contributed by atoms with Gasteiger partial charge in [-0.05, 0) is 30.5 Å². The number of para-hydroxylation sites is 1. The van der Waals surface area contributed by atoms with Gasteiger partial charge >= 0.3 is 5.97 Å². The van der Waals surface area contributed by atoms with E-state index < -0.39 is 11.9 Å². The lowest BCUT2D eigenvalue weighted by atomic mass is 9.85. The Hall–Kier alpha value is -2.14. The third-order valence-electron chi connectivity index (χ3n) is 3.51. The first-order chi connectivity index (χ1) is 10.2. The molecular formula is C16H15NO3S. The number of carbonyl (C=O) groups excluding carboxylic acids is 2. The number of carbonyl (C=O) groups is 2. The summed E-state index contributed by atoms with van der Waals surface area (Å²) in [6, 6.07) is 13.0. The highest BCUT2D eigenvalue weighted by Gasteiger charge is 2.54. The Kier molecular flexibility index (Phi) is 3.75. The van der Waals surface area contributed by atoms with Crippen molar-refractivity contribution in [1.29, 1.82) is 0 Å². The average Bonchev–Trinajstić information content (AvgIpc) is 2.99. The summed E-state index contributed by atoms with van der Waals surface area (Å²) in [5.74, 6) is -1.37. The second-order valence-corrected chi connectivity index (χ2v) is 5.71. The summed E-state index contributed by atoms with van der Waals surface area (Å²) in [5, 5.41) is 1.95. The molecule has 108 valence electrons. The van der Waals surface area contributed by atoms with E-state index in [0.29, 0.717) is 0 Å². The van der Waals surface area contributed by atoms with Gasteiger partial charge in [-0.1, -0.05) is 24.3 Å². The van der Waals surface area contributed by atoms with Gasteiger partial charge in [0.05, 0.1) is 12.6 Å². The van der Waals surface area contributed by atoms with E-state index in [0.717, 1.165) is 10.6 Å². The zero-order valence-corrected chi connectivity index (χ0v) is 12.4. The predicted molar refractivity (Wildman–Crippen MR) is 81.1 cm³/mol. The Balaban J connectivity index is 1.94. The highest BCUT2D eigenvalue weighted by molar-refractivity contribution is 7.10. The van der Waals surface area contributed by atoms with Crippen molar-refractivity contribution in [3.63, 3.8) is 0 Å². The number of hydrogen-bond donors (Lipinski definition) is 0. The van der Waals surface area contributed by atoms with E-state index in [-0.39, 0.29) is 18.6 Å². The molecule has 0 spiro atoms. The average molecular weight is 301 g/mol. The van der Waals surface area contributed by atoms with Crippen molar-refractivity contribution < 1.29 is 14.3 Å². The van der Waals surface area contributed by atoms with Crippen molar-refractivity contribution in [3.8, 4) is 0 Å². The maximum atomic E-state index is 12.4. The molecule has 1 aromatic carbocycles. The standard InChI is InChI=1S/C16H15NO3S/c1-2-20-16(19)13-14(12-9-6-10-21-12)17(15(13)18)11-7-4-3-5-8-11/h3-10,13-14H,2H2,1H3/t13-,14-/m1/s1. The summed E-state index contributed by atoms with van der Waals surface area (Å²) in [7, 11) is 0. The third kappa shape index (κ3) is 2.34. The molecule has 21 heavy (non-hydrogen) atoms. The largest absolute Gasteiger partial charge is 0.465 e. The number of esters is 1. The minimum absolute atomic E-state index is 0.196. The molecule has 1 saturated heterocycles. The lowest BCUT2D eigenvalue weighted by Crippen LogP contribution is -2.58. The van der Waals surface area contributed by atoms with Crippen LogP contribution in [0.1, 0.15) is 17.8 Å². The van der Waals surface area contributed by atoms with Crippen molar-refractivity contribution >= 4 is 28.9 Å². The molecule has 1 aliphatic rings. The minimum Gasteiger partial charge on any atom is -0.465 e. The Bertz CT molecular complexity index is 639. The van der Waals surface area contributed by atoms with E-state index in [4.69, 9.17) is 4.74 Å². The van der Waals surface area contributed by atoms with Crippen molar-refractivity contribution in [3.05, 3.63) is 52.7 Å². The molecule has 0 N–H and O–H groups in total. The maximum absolute atomic E-state index is 12.4. The van der Waals surface area contributed by atoms with E-state index in [2.05, 4.69) is 0 Å². The lowest BCUT2D eigenvalue weighted by Gasteiger charge is -2.45. The number of rotatable bonds is 4. The Morgan fingerprint density at radius 3 is 2.62 bits per heavy atom. The number of thiophene rings is 1. The van der Waals surface area contributed by atoms with Gasteiger partial charge in [-0.3, -0.25) is 9.59 Å². The number of ether oxygens (including phenoxy) is 1. The molecule has 0 radical (unpaired) electrons. The number of benzene rings is 1. The molecule has 0 bridgehead atoms. The summed E-state index contributed by atoms with van der Waals surface area (Å²) in [4.78, 5) is 27.1. The molecule has 4 nitrogen and oxygen atoms in total. The summed E-state index contributed by atoms with van der Waals surface area (Å²) < 4.78 is 5.05.